The largest absolute Gasteiger partial charge is 0.494 e. The zero-order valence-electron chi connectivity index (χ0n) is 15.9. The molecule has 0 fully saturated rings. The topological polar surface area (TPSA) is 111 Å². The fraction of sp³-hybridized carbons (Fsp3) is 0.0455. The highest BCUT2D eigenvalue weighted by Gasteiger charge is 2.25. The van der Waals surface area contributed by atoms with Gasteiger partial charge in [0.1, 0.15) is 0 Å². The molecule has 0 saturated carbocycles. The molecule has 0 bridgehead atoms. The number of benzene rings is 2. The lowest BCUT2D eigenvalue weighted by Gasteiger charge is -2.08. The average Bonchev–Trinajstić information content (AvgIpc) is 3.04. The minimum absolute atomic E-state index is 0.181. The van der Waals surface area contributed by atoms with Crippen LogP contribution in [0.1, 0.15) is 22.8 Å². The van der Waals surface area contributed by atoms with Crippen molar-refractivity contribution in [3.05, 3.63) is 94.3 Å². The zero-order chi connectivity index (χ0) is 21.3. The first-order chi connectivity index (χ1) is 14.5. The molecule has 8 heteroatoms. The molecule has 1 N–H and O–H groups in total. The van der Waals surface area contributed by atoms with Gasteiger partial charge in [-0.25, -0.2) is 9.56 Å². The molecule has 0 unspecified atom stereocenters. The molecule has 148 valence electrons. The molecular weight excluding hydrogens is 384 g/mol. The summed E-state index contributed by atoms with van der Waals surface area (Å²) in [5, 5.41) is 22.7. The van der Waals surface area contributed by atoms with Crippen LogP contribution in [0.4, 0.5) is 11.4 Å². The Bertz CT molecular complexity index is 1300. The van der Waals surface area contributed by atoms with Crippen LogP contribution in [0.2, 0.25) is 0 Å². The first kappa shape index (κ1) is 19.0. The van der Waals surface area contributed by atoms with E-state index in [1.54, 1.807) is 24.5 Å². The predicted octanol–water partition coefficient (Wildman–Crippen LogP) is 4.48. The number of aromatic nitrogens is 2. The maximum absolute atomic E-state index is 12.3. The van der Waals surface area contributed by atoms with E-state index in [9.17, 15) is 20.0 Å². The van der Waals surface area contributed by atoms with Gasteiger partial charge in [0.2, 0.25) is 11.8 Å². The van der Waals surface area contributed by atoms with E-state index >= 15 is 0 Å². The van der Waals surface area contributed by atoms with Crippen LogP contribution >= 0.6 is 0 Å². The van der Waals surface area contributed by atoms with Crippen molar-refractivity contribution in [2.75, 3.05) is 0 Å². The fourth-order valence-electron chi connectivity index (χ4n) is 3.34. The Labute approximate surface area is 170 Å². The van der Waals surface area contributed by atoms with Crippen LogP contribution in [0.25, 0.3) is 10.9 Å². The predicted molar refractivity (Wildman–Crippen MR) is 113 cm³/mol. The zero-order valence-corrected chi connectivity index (χ0v) is 15.9. The standard InChI is InChI=1S/C22H16N4O4/c1-14(27)25-19-12-17(26(29)30)9-10-18(19)20(22(25)28)21(15-6-3-2-4-7-15)24-16-8-5-11-23-13-16/h2-13,28H,1H3. The Balaban J connectivity index is 2.08. The van der Waals surface area contributed by atoms with Gasteiger partial charge in [0.25, 0.3) is 5.69 Å². The number of hydrogen-bond donors (Lipinski definition) is 1. The number of hydrogen-bond acceptors (Lipinski definition) is 6. The van der Waals surface area contributed by atoms with E-state index in [2.05, 4.69) is 9.98 Å². The van der Waals surface area contributed by atoms with Crippen molar-refractivity contribution in [1.82, 2.24) is 9.55 Å². The lowest BCUT2D eigenvalue weighted by atomic mass is 10.0. The third kappa shape index (κ3) is 3.30. The number of nitro benzene ring substituents is 1. The van der Waals surface area contributed by atoms with Gasteiger partial charge in [0.15, 0.2) is 0 Å². The monoisotopic (exact) mass is 400 g/mol. The average molecular weight is 400 g/mol. The number of rotatable bonds is 4. The third-order valence-electron chi connectivity index (χ3n) is 4.62. The second-order valence-electron chi connectivity index (χ2n) is 6.55. The highest BCUT2D eigenvalue weighted by atomic mass is 16.6. The molecule has 30 heavy (non-hydrogen) atoms. The molecule has 0 atom stereocenters. The van der Waals surface area contributed by atoms with Gasteiger partial charge in [-0.15, -0.1) is 0 Å². The van der Waals surface area contributed by atoms with E-state index in [0.717, 1.165) is 4.57 Å². The number of carbonyl (C=O) groups is 1. The number of non-ortho nitro benzene ring substituents is 1. The van der Waals surface area contributed by atoms with E-state index in [4.69, 9.17) is 0 Å². The van der Waals surface area contributed by atoms with Crippen LogP contribution in [-0.2, 0) is 0 Å². The first-order valence-corrected chi connectivity index (χ1v) is 9.04. The molecule has 0 aliphatic heterocycles. The molecule has 2 heterocycles. The molecule has 0 amide bonds. The molecular formula is C22H16N4O4. The number of aliphatic imine (C=N–C) groups is 1. The van der Waals surface area contributed by atoms with Crippen LogP contribution < -0.4 is 0 Å². The number of pyridine rings is 1. The second-order valence-corrected chi connectivity index (χ2v) is 6.55. The van der Waals surface area contributed by atoms with Crippen LogP contribution in [0, 0.1) is 10.1 Å². The van der Waals surface area contributed by atoms with Gasteiger partial charge in [-0.3, -0.25) is 19.9 Å². The molecule has 0 aliphatic rings. The third-order valence-corrected chi connectivity index (χ3v) is 4.62. The normalized spacial score (nSPS) is 11.6. The molecule has 0 saturated heterocycles. The van der Waals surface area contributed by atoms with Crippen molar-refractivity contribution in [3.8, 4) is 5.88 Å². The molecule has 0 aliphatic carbocycles. The fourth-order valence-corrected chi connectivity index (χ4v) is 3.34. The van der Waals surface area contributed by atoms with Crippen molar-refractivity contribution in [2.24, 2.45) is 4.99 Å². The van der Waals surface area contributed by atoms with Crippen molar-refractivity contribution >= 4 is 33.9 Å². The van der Waals surface area contributed by atoms with E-state index in [-0.39, 0.29) is 17.1 Å². The van der Waals surface area contributed by atoms with E-state index in [1.165, 1.54) is 25.1 Å². The molecule has 2 aromatic heterocycles. The van der Waals surface area contributed by atoms with Crippen LogP contribution in [-0.4, -0.2) is 31.2 Å². The molecule has 8 nitrogen and oxygen atoms in total. The highest BCUT2D eigenvalue weighted by Crippen LogP contribution is 2.36. The summed E-state index contributed by atoms with van der Waals surface area (Å²) in [6.07, 6.45) is 3.20. The summed E-state index contributed by atoms with van der Waals surface area (Å²) in [6, 6.07) is 16.8. The second kappa shape index (κ2) is 7.59. The van der Waals surface area contributed by atoms with E-state index in [1.807, 2.05) is 30.3 Å². The van der Waals surface area contributed by atoms with Gasteiger partial charge < -0.3 is 5.11 Å². The molecule has 0 spiro atoms. The number of nitro groups is 1. The maximum Gasteiger partial charge on any atom is 0.271 e. The van der Waals surface area contributed by atoms with E-state index < -0.39 is 10.8 Å². The van der Waals surface area contributed by atoms with Crippen molar-refractivity contribution in [2.45, 2.75) is 6.92 Å². The number of nitrogens with zero attached hydrogens (tertiary/aromatic N) is 4. The van der Waals surface area contributed by atoms with Crippen molar-refractivity contribution < 1.29 is 14.8 Å². The Kier molecular flexibility index (Phi) is 4.81. The SMILES string of the molecule is CC(=O)n1c(O)c(C(=Nc2cccnc2)c2ccccc2)c2ccc([N+](=O)[O-])cc21. The minimum atomic E-state index is -0.546. The Hall–Kier alpha value is -4.33. The number of fused-ring (bicyclic) bond motifs is 1. The van der Waals surface area contributed by atoms with Gasteiger partial charge in [-0.2, -0.15) is 0 Å². The Morgan fingerprint density at radius 3 is 2.53 bits per heavy atom. The number of aromatic hydroxyl groups is 1. The summed E-state index contributed by atoms with van der Waals surface area (Å²) in [5.74, 6) is -0.803. The maximum atomic E-state index is 12.3. The quantitative estimate of drug-likeness (QED) is 0.308. The number of carbonyl (C=O) groups excluding carboxylic acids is 1. The Morgan fingerprint density at radius 2 is 1.90 bits per heavy atom. The summed E-state index contributed by atoms with van der Waals surface area (Å²) in [4.78, 5) is 31.7. The van der Waals surface area contributed by atoms with Crippen LogP contribution in [0.3, 0.4) is 0 Å². The van der Waals surface area contributed by atoms with Crippen LogP contribution in [0.15, 0.2) is 78.0 Å². The molecule has 4 rings (SSSR count). The molecule has 4 aromatic rings. The lowest BCUT2D eigenvalue weighted by Crippen LogP contribution is -2.06. The summed E-state index contributed by atoms with van der Waals surface area (Å²) in [5.41, 5.74) is 2.04. The van der Waals surface area contributed by atoms with Crippen molar-refractivity contribution in [3.63, 3.8) is 0 Å². The summed E-state index contributed by atoms with van der Waals surface area (Å²) >= 11 is 0. The summed E-state index contributed by atoms with van der Waals surface area (Å²) in [7, 11) is 0. The summed E-state index contributed by atoms with van der Waals surface area (Å²) < 4.78 is 1.05. The lowest BCUT2D eigenvalue weighted by molar-refractivity contribution is -0.384. The minimum Gasteiger partial charge on any atom is -0.494 e. The molecule has 0 radical (unpaired) electrons. The van der Waals surface area contributed by atoms with Crippen molar-refractivity contribution in [1.29, 1.82) is 0 Å². The Morgan fingerprint density at radius 1 is 1.13 bits per heavy atom. The van der Waals surface area contributed by atoms with Gasteiger partial charge >= 0.3 is 0 Å². The first-order valence-electron chi connectivity index (χ1n) is 9.04. The van der Waals surface area contributed by atoms with E-state index in [0.29, 0.717) is 27.9 Å². The molecule has 2 aromatic carbocycles. The van der Waals surface area contributed by atoms with Gasteiger partial charge in [0.05, 0.1) is 33.6 Å². The van der Waals surface area contributed by atoms with Gasteiger partial charge in [0, 0.05) is 36.2 Å². The van der Waals surface area contributed by atoms with Crippen LogP contribution in [0.5, 0.6) is 5.88 Å². The highest BCUT2D eigenvalue weighted by molar-refractivity contribution is 6.23. The smallest absolute Gasteiger partial charge is 0.271 e. The van der Waals surface area contributed by atoms with Gasteiger partial charge in [-0.1, -0.05) is 30.3 Å². The summed E-state index contributed by atoms with van der Waals surface area (Å²) in [6.45, 7) is 1.28. The van der Waals surface area contributed by atoms with Gasteiger partial charge in [-0.05, 0) is 18.2 Å².